The second-order valence-corrected chi connectivity index (χ2v) is 10.7. The molecule has 0 spiro atoms. The van der Waals surface area contributed by atoms with Crippen LogP contribution in [0.25, 0.3) is 0 Å². The average Bonchev–Trinajstić information content (AvgIpc) is 3.14. The highest BCUT2D eigenvalue weighted by atomic mass is 19.4. The first-order valence-electron chi connectivity index (χ1n) is 12.9. The lowest BCUT2D eigenvalue weighted by molar-refractivity contribution is -0.142. The van der Waals surface area contributed by atoms with Crippen LogP contribution in [0.2, 0.25) is 0 Å². The van der Waals surface area contributed by atoms with Gasteiger partial charge in [-0.25, -0.2) is 4.39 Å². The molecule has 9 heteroatoms. The molecule has 2 fully saturated rings. The molecule has 4 aliphatic rings. The molecule has 0 bridgehead atoms. The molecule has 0 N–H and O–H groups in total. The molecule has 1 aromatic rings. The molecule has 0 aromatic carbocycles. The molecule has 5 rings (SSSR count). The summed E-state index contributed by atoms with van der Waals surface area (Å²) >= 11 is 0. The highest BCUT2D eigenvalue weighted by molar-refractivity contribution is 5.76. The number of alkyl halides is 3. The zero-order chi connectivity index (χ0) is 24.7. The Morgan fingerprint density at radius 2 is 1.86 bits per heavy atom. The van der Waals surface area contributed by atoms with Gasteiger partial charge in [0.05, 0.1) is 18.8 Å². The normalized spacial score (nSPS) is 27.7. The molecule has 1 aromatic heterocycles. The lowest BCUT2D eigenvalue weighted by atomic mass is 9.82. The minimum Gasteiger partial charge on any atom is -0.336 e. The van der Waals surface area contributed by atoms with Crippen molar-refractivity contribution in [2.75, 3.05) is 19.6 Å². The summed E-state index contributed by atoms with van der Waals surface area (Å²) in [4.78, 5) is 17.4. The monoisotopic (exact) mass is 494 g/mol. The first-order chi connectivity index (χ1) is 16.7. The average molecular weight is 495 g/mol. The van der Waals surface area contributed by atoms with Gasteiger partial charge >= 0.3 is 6.18 Å². The van der Waals surface area contributed by atoms with Crippen molar-refractivity contribution in [1.82, 2.24) is 19.6 Å². The molecule has 1 amide bonds. The Kier molecular flexibility index (Phi) is 6.81. The van der Waals surface area contributed by atoms with Crippen LogP contribution in [0.1, 0.15) is 68.8 Å². The van der Waals surface area contributed by atoms with Crippen LogP contribution in [0, 0.1) is 11.8 Å². The van der Waals surface area contributed by atoms with Gasteiger partial charge in [-0.3, -0.25) is 9.48 Å². The van der Waals surface area contributed by atoms with Gasteiger partial charge in [-0.2, -0.15) is 18.3 Å². The van der Waals surface area contributed by atoms with Crippen LogP contribution in [0.4, 0.5) is 17.6 Å². The number of allylic oxidation sites excluding steroid dienone is 4. The summed E-state index contributed by atoms with van der Waals surface area (Å²) in [6.45, 7) is 4.86. The van der Waals surface area contributed by atoms with Gasteiger partial charge in [0.25, 0.3) is 0 Å². The topological polar surface area (TPSA) is 41.4 Å². The number of likely N-dealkylation sites (tertiary alicyclic amines) is 1. The Balaban J connectivity index is 1.28. The minimum atomic E-state index is -4.55. The fourth-order valence-electron chi connectivity index (χ4n) is 6.08. The van der Waals surface area contributed by atoms with E-state index in [-0.39, 0.29) is 55.7 Å². The Morgan fingerprint density at radius 1 is 1.11 bits per heavy atom. The summed E-state index contributed by atoms with van der Waals surface area (Å²) in [6, 6.07) is 0.655. The van der Waals surface area contributed by atoms with E-state index in [2.05, 4.69) is 10.00 Å². The lowest BCUT2D eigenvalue weighted by Crippen LogP contribution is -2.46. The van der Waals surface area contributed by atoms with E-state index in [4.69, 9.17) is 0 Å². The summed E-state index contributed by atoms with van der Waals surface area (Å²) in [7, 11) is 0. The van der Waals surface area contributed by atoms with Gasteiger partial charge in [-0.1, -0.05) is 13.0 Å². The summed E-state index contributed by atoms with van der Waals surface area (Å²) in [6.07, 6.45) is 4.97. The number of fused-ring (bicyclic) bond motifs is 1. The van der Waals surface area contributed by atoms with Gasteiger partial charge in [0.15, 0.2) is 5.69 Å². The van der Waals surface area contributed by atoms with Crippen molar-refractivity contribution in [3.63, 3.8) is 0 Å². The second-order valence-electron chi connectivity index (χ2n) is 10.7. The van der Waals surface area contributed by atoms with Crippen molar-refractivity contribution in [3.05, 3.63) is 40.5 Å². The van der Waals surface area contributed by atoms with Gasteiger partial charge in [0.2, 0.25) is 5.91 Å². The van der Waals surface area contributed by atoms with Crippen LogP contribution >= 0.6 is 0 Å². The molecule has 2 aliphatic heterocycles. The maximum atomic E-state index is 13.7. The number of halogens is 4. The largest absolute Gasteiger partial charge is 0.435 e. The van der Waals surface area contributed by atoms with E-state index < -0.39 is 11.9 Å². The molecule has 192 valence electrons. The van der Waals surface area contributed by atoms with Crippen molar-refractivity contribution < 1.29 is 22.4 Å². The fraction of sp³-hybridized carbons (Fsp3) is 0.692. The van der Waals surface area contributed by atoms with E-state index in [0.717, 1.165) is 31.3 Å². The van der Waals surface area contributed by atoms with Crippen molar-refractivity contribution in [3.8, 4) is 0 Å². The van der Waals surface area contributed by atoms with Crippen LogP contribution in [-0.4, -0.2) is 51.2 Å². The Morgan fingerprint density at radius 3 is 2.49 bits per heavy atom. The first kappa shape index (κ1) is 24.5. The zero-order valence-corrected chi connectivity index (χ0v) is 20.3. The molecular weight excluding hydrogens is 460 g/mol. The standard InChI is InChI=1S/C26H34F4N4O/c1-17-13-20(27)6-5-19(17)15-34-23-16-33(12-9-22(23)25(31-34)26(28,29)30)24(35)14-18-3-7-21(8-4-18)32-10-2-11-32/h5-6,17-18,21H,2-4,7-16H2,1H3. The van der Waals surface area contributed by atoms with Gasteiger partial charge in [-0.15, -0.1) is 0 Å². The summed E-state index contributed by atoms with van der Waals surface area (Å²) in [5, 5.41) is 3.95. The van der Waals surface area contributed by atoms with E-state index in [1.54, 1.807) is 11.0 Å². The molecule has 5 nitrogen and oxygen atoms in total. The lowest BCUT2D eigenvalue weighted by Gasteiger charge is -2.42. The highest BCUT2D eigenvalue weighted by Gasteiger charge is 2.41. The third-order valence-electron chi connectivity index (χ3n) is 8.39. The predicted octanol–water partition coefficient (Wildman–Crippen LogP) is 5.26. The van der Waals surface area contributed by atoms with Crippen molar-refractivity contribution in [1.29, 1.82) is 0 Å². The van der Waals surface area contributed by atoms with Crippen molar-refractivity contribution in [2.24, 2.45) is 11.8 Å². The number of amides is 1. The third kappa shape index (κ3) is 5.20. The van der Waals surface area contributed by atoms with Gasteiger partial charge in [-0.05, 0) is 75.1 Å². The maximum absolute atomic E-state index is 13.7. The highest BCUT2D eigenvalue weighted by Crippen LogP contribution is 2.37. The predicted molar refractivity (Wildman–Crippen MR) is 124 cm³/mol. The molecule has 1 saturated carbocycles. The fourth-order valence-corrected chi connectivity index (χ4v) is 6.08. The number of aromatic nitrogens is 2. The van der Waals surface area contributed by atoms with E-state index >= 15 is 0 Å². The van der Waals surface area contributed by atoms with E-state index in [9.17, 15) is 22.4 Å². The molecule has 3 heterocycles. The van der Waals surface area contributed by atoms with Crippen LogP contribution < -0.4 is 0 Å². The van der Waals surface area contributed by atoms with Crippen LogP contribution in [0.5, 0.6) is 0 Å². The molecular formula is C26H34F4N4O. The molecule has 2 aliphatic carbocycles. The van der Waals surface area contributed by atoms with E-state index in [1.807, 2.05) is 6.92 Å². The number of nitrogens with zero attached hydrogens (tertiary/aromatic N) is 4. The smallest absolute Gasteiger partial charge is 0.336 e. The van der Waals surface area contributed by atoms with E-state index in [1.165, 1.54) is 30.3 Å². The molecule has 0 radical (unpaired) electrons. The van der Waals surface area contributed by atoms with Crippen molar-refractivity contribution in [2.45, 2.75) is 83.6 Å². The third-order valence-corrected chi connectivity index (χ3v) is 8.39. The van der Waals surface area contributed by atoms with Crippen molar-refractivity contribution >= 4 is 5.91 Å². The quantitative estimate of drug-likeness (QED) is 0.525. The SMILES string of the molecule is CC1CC(F)=CC=C1Cn1nc(C(F)(F)F)c2c1CN(C(=O)CC1CCC(N3CCC3)CC1)CC2. The van der Waals surface area contributed by atoms with Crippen LogP contribution in [0.3, 0.4) is 0 Å². The molecule has 35 heavy (non-hydrogen) atoms. The zero-order valence-electron chi connectivity index (χ0n) is 20.3. The number of hydrogen-bond acceptors (Lipinski definition) is 3. The molecule has 1 atom stereocenters. The van der Waals surface area contributed by atoms with E-state index in [0.29, 0.717) is 24.1 Å². The summed E-state index contributed by atoms with van der Waals surface area (Å²) in [5.41, 5.74) is 0.645. The first-order valence-corrected chi connectivity index (χ1v) is 12.9. The minimum absolute atomic E-state index is 0.0274. The van der Waals surface area contributed by atoms with Gasteiger partial charge < -0.3 is 9.80 Å². The number of hydrogen-bond donors (Lipinski definition) is 0. The Hall–Kier alpha value is -2.16. The van der Waals surface area contributed by atoms with Crippen LogP contribution in [-0.2, 0) is 30.5 Å². The van der Waals surface area contributed by atoms with Gasteiger partial charge in [0, 0.05) is 31.0 Å². The Labute approximate surface area is 203 Å². The van der Waals surface area contributed by atoms with Gasteiger partial charge in [0.1, 0.15) is 5.83 Å². The molecule has 1 saturated heterocycles. The molecule has 1 unspecified atom stereocenters. The van der Waals surface area contributed by atoms with Crippen LogP contribution in [0.15, 0.2) is 23.6 Å². The summed E-state index contributed by atoms with van der Waals surface area (Å²) < 4.78 is 56.2. The maximum Gasteiger partial charge on any atom is 0.435 e. The number of rotatable bonds is 5. The second kappa shape index (κ2) is 9.71. The number of carbonyl (C=O) groups is 1. The summed E-state index contributed by atoms with van der Waals surface area (Å²) in [5.74, 6) is 0.0453. The Bertz CT molecular complexity index is 1020. The number of carbonyl (C=O) groups excluding carboxylic acids is 1.